The predicted octanol–water partition coefficient (Wildman–Crippen LogP) is 4.73. The Balaban J connectivity index is 1.20. The van der Waals surface area contributed by atoms with Gasteiger partial charge in [0, 0.05) is 31.3 Å². The van der Waals surface area contributed by atoms with Gasteiger partial charge in [0.05, 0.1) is 32.5 Å². The van der Waals surface area contributed by atoms with Crippen molar-refractivity contribution >= 4 is 0 Å². The number of benzene rings is 2. The monoisotopic (exact) mass is 432 g/mol. The summed E-state index contributed by atoms with van der Waals surface area (Å²) in [7, 11) is 0. The first kappa shape index (κ1) is 22.5. The van der Waals surface area contributed by atoms with E-state index >= 15 is 0 Å². The molecule has 0 radical (unpaired) electrons. The van der Waals surface area contributed by atoms with Crippen molar-refractivity contribution in [2.45, 2.75) is 38.1 Å². The summed E-state index contributed by atoms with van der Waals surface area (Å²) in [5, 5.41) is 3.46. The van der Waals surface area contributed by atoms with Gasteiger partial charge in [-0.25, -0.2) is 0 Å². The van der Waals surface area contributed by atoms with Crippen molar-refractivity contribution in [2.75, 3.05) is 26.3 Å². The minimum Gasteiger partial charge on any atom is -0.494 e. The van der Waals surface area contributed by atoms with Crippen LogP contribution in [-0.2, 0) is 22.7 Å². The maximum absolute atomic E-state index is 6.25. The topological polar surface area (TPSA) is 52.6 Å². The molecule has 5 nitrogen and oxygen atoms in total. The molecule has 1 saturated heterocycles. The minimum absolute atomic E-state index is 0.150. The van der Waals surface area contributed by atoms with E-state index in [1.54, 1.807) is 6.20 Å². The summed E-state index contributed by atoms with van der Waals surface area (Å²) in [4.78, 5) is 4.17. The van der Waals surface area contributed by atoms with Gasteiger partial charge in [-0.05, 0) is 47.9 Å². The molecule has 1 fully saturated rings. The van der Waals surface area contributed by atoms with E-state index in [-0.39, 0.29) is 6.10 Å². The van der Waals surface area contributed by atoms with Crippen molar-refractivity contribution in [3.63, 3.8) is 0 Å². The van der Waals surface area contributed by atoms with Crippen LogP contribution in [0.3, 0.4) is 0 Å². The second-order valence-electron chi connectivity index (χ2n) is 8.12. The zero-order chi connectivity index (χ0) is 21.8. The van der Waals surface area contributed by atoms with Gasteiger partial charge in [0.2, 0.25) is 0 Å². The highest BCUT2D eigenvalue weighted by Gasteiger charge is 2.27. The Morgan fingerprint density at radius 1 is 0.875 bits per heavy atom. The normalized spacial score (nSPS) is 18.4. The smallest absolute Gasteiger partial charge is 0.119 e. The minimum atomic E-state index is 0.150. The van der Waals surface area contributed by atoms with Crippen LogP contribution in [0.15, 0.2) is 79.1 Å². The molecule has 3 aromatic rings. The number of pyridine rings is 1. The van der Waals surface area contributed by atoms with E-state index in [1.807, 2.05) is 30.5 Å². The van der Waals surface area contributed by atoms with Gasteiger partial charge in [-0.15, -0.1) is 0 Å². The fourth-order valence-electron chi connectivity index (χ4n) is 4.00. The summed E-state index contributed by atoms with van der Waals surface area (Å²) < 4.78 is 17.9. The van der Waals surface area contributed by atoms with E-state index < -0.39 is 0 Å². The Kier molecular flexibility index (Phi) is 8.66. The van der Waals surface area contributed by atoms with Crippen LogP contribution >= 0.6 is 0 Å². The van der Waals surface area contributed by atoms with Crippen LogP contribution < -0.4 is 10.1 Å². The third kappa shape index (κ3) is 6.89. The molecule has 168 valence electrons. The molecule has 1 N–H and O–H groups in total. The summed E-state index contributed by atoms with van der Waals surface area (Å²) >= 11 is 0. The molecular weight excluding hydrogens is 400 g/mol. The Morgan fingerprint density at radius 2 is 1.72 bits per heavy atom. The number of hydrogen-bond donors (Lipinski definition) is 1. The van der Waals surface area contributed by atoms with E-state index in [0.717, 1.165) is 37.2 Å². The largest absolute Gasteiger partial charge is 0.494 e. The maximum Gasteiger partial charge on any atom is 0.119 e. The van der Waals surface area contributed by atoms with E-state index in [2.05, 4.69) is 52.8 Å². The quantitative estimate of drug-likeness (QED) is 0.444. The number of aromatic nitrogens is 1. The van der Waals surface area contributed by atoms with E-state index in [1.165, 1.54) is 11.1 Å². The van der Waals surface area contributed by atoms with Crippen LogP contribution in [0.5, 0.6) is 5.75 Å². The van der Waals surface area contributed by atoms with Gasteiger partial charge in [0.1, 0.15) is 5.75 Å². The van der Waals surface area contributed by atoms with E-state index in [4.69, 9.17) is 14.2 Å². The molecule has 2 heterocycles. The van der Waals surface area contributed by atoms with Crippen molar-refractivity contribution in [3.8, 4) is 5.75 Å². The average Bonchev–Trinajstić information content (AvgIpc) is 2.87. The average molecular weight is 433 g/mol. The first-order valence-corrected chi connectivity index (χ1v) is 11.4. The van der Waals surface area contributed by atoms with Crippen molar-refractivity contribution in [3.05, 3.63) is 95.8 Å². The third-order valence-electron chi connectivity index (χ3n) is 5.73. The second kappa shape index (κ2) is 12.3. The Bertz CT molecular complexity index is 903. The Labute approximate surface area is 190 Å². The number of nitrogens with zero attached hydrogens (tertiary/aromatic N) is 1. The van der Waals surface area contributed by atoms with Crippen LogP contribution in [0, 0.1) is 0 Å². The zero-order valence-corrected chi connectivity index (χ0v) is 18.5. The lowest BCUT2D eigenvalue weighted by molar-refractivity contribution is 0.0105. The van der Waals surface area contributed by atoms with Gasteiger partial charge in [0.15, 0.2) is 0 Å². The highest BCUT2D eigenvalue weighted by atomic mass is 16.5. The second-order valence-corrected chi connectivity index (χ2v) is 8.12. The SMILES string of the molecule is c1ccc(COCCCOc2ccc(C3CCNCC3OCc3cccnc3)cc2)cc1. The molecule has 0 aliphatic carbocycles. The summed E-state index contributed by atoms with van der Waals surface area (Å²) in [5.41, 5.74) is 3.61. The van der Waals surface area contributed by atoms with Gasteiger partial charge < -0.3 is 19.5 Å². The number of nitrogens with one attached hydrogen (secondary N) is 1. The standard InChI is InChI=1S/C27H32N2O3/c1-2-6-22(7-3-1)20-30-16-5-17-31-25-11-9-24(10-12-25)26-13-15-29-19-27(26)32-21-23-8-4-14-28-18-23/h1-4,6-12,14,18,26-27,29H,5,13,15-17,19-21H2. The highest BCUT2D eigenvalue weighted by molar-refractivity contribution is 5.30. The summed E-state index contributed by atoms with van der Waals surface area (Å²) in [5.74, 6) is 1.28. The zero-order valence-electron chi connectivity index (χ0n) is 18.5. The van der Waals surface area contributed by atoms with Crippen molar-refractivity contribution < 1.29 is 14.2 Å². The van der Waals surface area contributed by atoms with Crippen LogP contribution in [0.4, 0.5) is 0 Å². The summed E-state index contributed by atoms with van der Waals surface area (Å²) in [6.07, 6.45) is 5.74. The third-order valence-corrected chi connectivity index (χ3v) is 5.73. The van der Waals surface area contributed by atoms with Crippen LogP contribution in [-0.4, -0.2) is 37.4 Å². The molecule has 0 amide bonds. The first-order chi connectivity index (χ1) is 15.9. The molecule has 32 heavy (non-hydrogen) atoms. The Morgan fingerprint density at radius 3 is 2.53 bits per heavy atom. The highest BCUT2D eigenvalue weighted by Crippen LogP contribution is 2.29. The van der Waals surface area contributed by atoms with Gasteiger partial charge in [-0.1, -0.05) is 48.5 Å². The fourth-order valence-corrected chi connectivity index (χ4v) is 4.00. The van der Waals surface area contributed by atoms with Gasteiger partial charge in [-0.2, -0.15) is 0 Å². The molecule has 1 aromatic heterocycles. The molecule has 2 aromatic carbocycles. The first-order valence-electron chi connectivity index (χ1n) is 11.4. The predicted molar refractivity (Wildman–Crippen MR) is 126 cm³/mol. The van der Waals surface area contributed by atoms with E-state index in [9.17, 15) is 0 Å². The number of ether oxygens (including phenoxy) is 3. The van der Waals surface area contributed by atoms with E-state index in [0.29, 0.717) is 32.3 Å². The molecule has 1 aliphatic heterocycles. The summed E-state index contributed by atoms with van der Waals surface area (Å²) in [6, 6.07) is 22.7. The fraction of sp³-hybridized carbons (Fsp3) is 0.370. The molecule has 2 unspecified atom stereocenters. The lowest BCUT2D eigenvalue weighted by atomic mass is 9.87. The number of rotatable bonds is 11. The summed E-state index contributed by atoms with van der Waals surface area (Å²) in [6.45, 7) is 4.46. The van der Waals surface area contributed by atoms with Crippen LogP contribution in [0.2, 0.25) is 0 Å². The molecular formula is C27H32N2O3. The van der Waals surface area contributed by atoms with Crippen LogP contribution in [0.1, 0.15) is 35.4 Å². The maximum atomic E-state index is 6.25. The Hall–Kier alpha value is -2.73. The number of hydrogen-bond acceptors (Lipinski definition) is 5. The molecule has 5 heteroatoms. The molecule has 2 atom stereocenters. The number of piperidine rings is 1. The lowest BCUT2D eigenvalue weighted by Gasteiger charge is -2.32. The molecule has 1 aliphatic rings. The van der Waals surface area contributed by atoms with Crippen molar-refractivity contribution in [1.29, 1.82) is 0 Å². The van der Waals surface area contributed by atoms with Gasteiger partial charge in [-0.3, -0.25) is 4.98 Å². The van der Waals surface area contributed by atoms with Crippen molar-refractivity contribution in [1.82, 2.24) is 10.3 Å². The molecule has 0 saturated carbocycles. The van der Waals surface area contributed by atoms with Gasteiger partial charge >= 0.3 is 0 Å². The molecule has 4 rings (SSSR count). The molecule has 0 bridgehead atoms. The van der Waals surface area contributed by atoms with Gasteiger partial charge in [0.25, 0.3) is 0 Å². The van der Waals surface area contributed by atoms with Crippen LogP contribution in [0.25, 0.3) is 0 Å². The van der Waals surface area contributed by atoms with Crippen molar-refractivity contribution in [2.24, 2.45) is 0 Å². The lowest BCUT2D eigenvalue weighted by Crippen LogP contribution is -2.40. The molecule has 0 spiro atoms.